The standard InChI is InChI=1S/C42H52N4O8Si/c1-41(2,3)55(6,7)54-36-33(52-40(37(36)53-34-15-11-12-24-50-34)46-27-45-35-38(46)43-26-44-39(35)47)25-51-42(28-13-9-8-10-14-28,29-16-20-31(48-4)21-17-29)30-18-22-32(49-5)23-19-30/h8-10,13-14,16-23,26-27,33-34,36-37,40H,11-12,15,24-25H2,1-7H3,(H,43,44,47)/t33?,34?,36-,37-,40?/m1/s1. The molecule has 0 amide bonds. The summed E-state index contributed by atoms with van der Waals surface area (Å²) in [6, 6.07) is 26.1. The van der Waals surface area contributed by atoms with Gasteiger partial charge in [0, 0.05) is 6.61 Å². The highest BCUT2D eigenvalue weighted by Gasteiger charge is 2.54. The van der Waals surface area contributed by atoms with Gasteiger partial charge in [0.25, 0.3) is 5.56 Å². The van der Waals surface area contributed by atoms with Crippen molar-refractivity contribution in [3.63, 3.8) is 0 Å². The van der Waals surface area contributed by atoms with Crippen molar-refractivity contribution in [2.45, 2.75) is 94.6 Å². The number of nitrogens with one attached hydrogen (secondary N) is 1. The van der Waals surface area contributed by atoms with Gasteiger partial charge in [-0.1, -0.05) is 75.4 Å². The van der Waals surface area contributed by atoms with E-state index in [1.54, 1.807) is 25.1 Å². The van der Waals surface area contributed by atoms with Crippen molar-refractivity contribution in [2.75, 3.05) is 27.4 Å². The van der Waals surface area contributed by atoms with Crippen LogP contribution in [0.1, 0.15) is 63.0 Å². The molecule has 292 valence electrons. The largest absolute Gasteiger partial charge is 0.497 e. The van der Waals surface area contributed by atoms with Gasteiger partial charge in [-0.3, -0.25) is 9.36 Å². The molecule has 2 fully saturated rings. The second-order valence-electron chi connectivity index (χ2n) is 15.7. The van der Waals surface area contributed by atoms with Crippen molar-refractivity contribution in [3.05, 3.63) is 119 Å². The number of H-pyrrole nitrogens is 1. The maximum Gasteiger partial charge on any atom is 0.278 e. The molecule has 3 aromatic carbocycles. The van der Waals surface area contributed by atoms with Gasteiger partial charge in [-0.15, -0.1) is 0 Å². The molecule has 2 aromatic heterocycles. The van der Waals surface area contributed by atoms with Crippen molar-refractivity contribution in [2.24, 2.45) is 0 Å². The van der Waals surface area contributed by atoms with E-state index in [-0.39, 0.29) is 22.7 Å². The van der Waals surface area contributed by atoms with E-state index >= 15 is 0 Å². The van der Waals surface area contributed by atoms with E-state index in [9.17, 15) is 4.79 Å². The fraction of sp³-hybridized carbons (Fsp3) is 0.452. The molecule has 2 aliphatic rings. The fourth-order valence-electron chi connectivity index (χ4n) is 7.19. The van der Waals surface area contributed by atoms with Gasteiger partial charge < -0.3 is 37.8 Å². The van der Waals surface area contributed by atoms with Gasteiger partial charge in [0.05, 0.1) is 33.5 Å². The first-order valence-corrected chi connectivity index (χ1v) is 21.8. The summed E-state index contributed by atoms with van der Waals surface area (Å²) in [7, 11) is 0.845. The van der Waals surface area contributed by atoms with Crippen LogP contribution in [0.15, 0.2) is 96.3 Å². The van der Waals surface area contributed by atoms with Gasteiger partial charge in [0.2, 0.25) is 0 Å². The highest BCUT2D eigenvalue weighted by molar-refractivity contribution is 6.74. The van der Waals surface area contributed by atoms with E-state index in [1.165, 1.54) is 6.33 Å². The van der Waals surface area contributed by atoms with Crippen LogP contribution in [-0.4, -0.2) is 79.9 Å². The zero-order valence-corrected chi connectivity index (χ0v) is 33.7. The Kier molecular flexibility index (Phi) is 11.3. The Labute approximate surface area is 323 Å². The summed E-state index contributed by atoms with van der Waals surface area (Å²) < 4.78 is 47.8. The van der Waals surface area contributed by atoms with Crippen molar-refractivity contribution < 1.29 is 32.8 Å². The average molecular weight is 769 g/mol. The lowest BCUT2D eigenvalue weighted by atomic mass is 9.80. The Balaban J connectivity index is 1.36. The van der Waals surface area contributed by atoms with E-state index in [1.807, 2.05) is 66.7 Å². The summed E-state index contributed by atoms with van der Waals surface area (Å²) in [5.41, 5.74) is 1.88. The van der Waals surface area contributed by atoms with E-state index < -0.39 is 44.7 Å². The molecule has 7 rings (SSSR count). The summed E-state index contributed by atoms with van der Waals surface area (Å²) >= 11 is 0. The molecule has 12 nitrogen and oxygen atoms in total. The van der Waals surface area contributed by atoms with Crippen LogP contribution >= 0.6 is 0 Å². The lowest BCUT2D eigenvalue weighted by molar-refractivity contribution is -0.214. The summed E-state index contributed by atoms with van der Waals surface area (Å²) in [6.07, 6.45) is 2.57. The minimum Gasteiger partial charge on any atom is -0.497 e. The number of nitrogens with zero attached hydrogens (tertiary/aromatic N) is 3. The number of benzene rings is 3. The number of fused-ring (bicyclic) bond motifs is 1. The monoisotopic (exact) mass is 768 g/mol. The van der Waals surface area contributed by atoms with Gasteiger partial charge in [0.1, 0.15) is 35.4 Å². The predicted octanol–water partition coefficient (Wildman–Crippen LogP) is 7.35. The van der Waals surface area contributed by atoms with Crippen LogP contribution in [0.3, 0.4) is 0 Å². The van der Waals surface area contributed by atoms with E-state index in [2.05, 4.69) is 60.9 Å². The van der Waals surface area contributed by atoms with Crippen LogP contribution in [-0.2, 0) is 29.0 Å². The van der Waals surface area contributed by atoms with E-state index in [0.717, 1.165) is 47.5 Å². The Hall–Kier alpha value is -4.37. The van der Waals surface area contributed by atoms with Gasteiger partial charge in [-0.2, -0.15) is 0 Å². The van der Waals surface area contributed by atoms with Crippen molar-refractivity contribution in [3.8, 4) is 11.5 Å². The first kappa shape index (κ1) is 38.9. The predicted molar refractivity (Wildman–Crippen MR) is 211 cm³/mol. The quantitative estimate of drug-likeness (QED) is 0.0960. The Morgan fingerprint density at radius 2 is 1.49 bits per heavy atom. The Morgan fingerprint density at radius 3 is 2.07 bits per heavy atom. The van der Waals surface area contributed by atoms with Crippen LogP contribution in [0.4, 0.5) is 0 Å². The first-order chi connectivity index (χ1) is 26.4. The molecule has 5 aromatic rings. The summed E-state index contributed by atoms with van der Waals surface area (Å²) in [5, 5.41) is -0.126. The molecule has 1 N–H and O–H groups in total. The van der Waals surface area contributed by atoms with Gasteiger partial charge in [-0.05, 0) is 78.4 Å². The third kappa shape index (κ3) is 7.74. The van der Waals surface area contributed by atoms with Gasteiger partial charge in [-0.25, -0.2) is 9.97 Å². The number of hydrogen-bond donors (Lipinski definition) is 1. The maximum absolute atomic E-state index is 12.8. The van der Waals surface area contributed by atoms with Crippen LogP contribution < -0.4 is 15.0 Å². The minimum atomic E-state index is -2.46. The summed E-state index contributed by atoms with van der Waals surface area (Å²) in [4.78, 5) is 24.4. The van der Waals surface area contributed by atoms with Crippen LogP contribution in [0, 0.1) is 0 Å². The van der Waals surface area contributed by atoms with Crippen LogP contribution in [0.5, 0.6) is 11.5 Å². The Bertz CT molecular complexity index is 2030. The highest BCUT2D eigenvalue weighted by atomic mass is 28.4. The first-order valence-electron chi connectivity index (χ1n) is 18.9. The number of hydrogen-bond acceptors (Lipinski definition) is 10. The minimum absolute atomic E-state index is 0.106. The molecule has 0 saturated carbocycles. The summed E-state index contributed by atoms with van der Waals surface area (Å²) in [5.74, 6) is 1.46. The highest BCUT2D eigenvalue weighted by Crippen LogP contribution is 2.46. The topological polar surface area (TPSA) is 128 Å². The van der Waals surface area contributed by atoms with Crippen LogP contribution in [0.2, 0.25) is 18.1 Å². The zero-order chi connectivity index (χ0) is 38.8. The lowest BCUT2D eigenvalue weighted by Crippen LogP contribution is -2.51. The molecule has 13 heteroatoms. The molecule has 0 bridgehead atoms. The number of methoxy groups -OCH3 is 2. The molecule has 0 radical (unpaired) electrons. The number of aromatic nitrogens is 4. The van der Waals surface area contributed by atoms with Crippen molar-refractivity contribution >= 4 is 19.5 Å². The number of ether oxygens (including phenoxy) is 6. The molecule has 2 aliphatic heterocycles. The average Bonchev–Trinajstić information content (AvgIpc) is 3.77. The third-order valence-electron chi connectivity index (χ3n) is 11.2. The van der Waals surface area contributed by atoms with Gasteiger partial charge in [0.15, 0.2) is 32.0 Å². The molecule has 2 saturated heterocycles. The molecule has 4 heterocycles. The lowest BCUT2D eigenvalue weighted by Gasteiger charge is -2.42. The van der Waals surface area contributed by atoms with E-state index in [0.29, 0.717) is 12.3 Å². The summed E-state index contributed by atoms with van der Waals surface area (Å²) in [6.45, 7) is 11.8. The second-order valence-corrected chi connectivity index (χ2v) is 20.4. The van der Waals surface area contributed by atoms with Crippen LogP contribution in [0.25, 0.3) is 11.2 Å². The third-order valence-corrected chi connectivity index (χ3v) is 15.7. The molecule has 5 atom stereocenters. The number of rotatable bonds is 13. The van der Waals surface area contributed by atoms with Crippen molar-refractivity contribution in [1.82, 2.24) is 19.5 Å². The molecular formula is C42H52N4O8Si. The van der Waals surface area contributed by atoms with Gasteiger partial charge >= 0.3 is 0 Å². The molecule has 55 heavy (non-hydrogen) atoms. The zero-order valence-electron chi connectivity index (χ0n) is 32.7. The second kappa shape index (κ2) is 16.0. The molecule has 3 unspecified atom stereocenters. The number of aromatic amines is 1. The molecular weight excluding hydrogens is 717 g/mol. The SMILES string of the molecule is COc1ccc(C(OCC2OC(n3cnc4c(=O)[nH]cnc43)[C@H](OC3CCCCO3)[C@@H]2O[Si](C)(C)C(C)(C)C)(c2ccccc2)c2ccc(OC)cc2)cc1. The fourth-order valence-corrected chi connectivity index (χ4v) is 8.51. The Morgan fingerprint density at radius 1 is 0.855 bits per heavy atom. The van der Waals surface area contributed by atoms with Crippen molar-refractivity contribution in [1.29, 1.82) is 0 Å². The smallest absolute Gasteiger partial charge is 0.278 e. The number of imidazole rings is 1. The maximum atomic E-state index is 12.8. The molecule has 0 aliphatic carbocycles. The normalized spacial score (nSPS) is 22.2. The molecule has 0 spiro atoms. The van der Waals surface area contributed by atoms with E-state index in [4.69, 9.17) is 32.8 Å².